The number of hydrogen-bond donors (Lipinski definition) is 4. The lowest BCUT2D eigenvalue weighted by Crippen LogP contribution is -2.41. The summed E-state index contributed by atoms with van der Waals surface area (Å²) in [5.74, 6) is 2.62. The fourth-order valence-electron chi connectivity index (χ4n) is 10.2. The summed E-state index contributed by atoms with van der Waals surface area (Å²) in [4.78, 5) is 61.0. The summed E-state index contributed by atoms with van der Waals surface area (Å²) in [5, 5.41) is 12.0. The molecule has 0 bridgehead atoms. The van der Waals surface area contributed by atoms with Crippen molar-refractivity contribution < 1.29 is 57.1 Å². The van der Waals surface area contributed by atoms with E-state index in [0.29, 0.717) is 43.5 Å². The molecule has 4 aliphatic rings. The van der Waals surface area contributed by atoms with Crippen LogP contribution < -0.4 is 21.3 Å². The highest BCUT2D eigenvalue weighted by atomic mass is 16.7. The zero-order valence-electron chi connectivity index (χ0n) is 41.1. The number of nitrogens with one attached hydrogen (secondary N) is 4. The molecule has 0 radical (unpaired) electrons. The van der Waals surface area contributed by atoms with Crippen molar-refractivity contribution in [2.24, 2.45) is 23.7 Å². The Morgan fingerprint density at radius 2 is 0.697 bits per heavy atom. The first-order chi connectivity index (χ1) is 31.9. The van der Waals surface area contributed by atoms with E-state index in [2.05, 4.69) is 21.3 Å². The summed E-state index contributed by atoms with van der Waals surface area (Å²) >= 11 is 0. The van der Waals surface area contributed by atoms with E-state index in [9.17, 15) is 24.0 Å². The minimum Gasteiger partial charge on any atom is -0.450 e. The van der Waals surface area contributed by atoms with Crippen LogP contribution in [-0.2, 0) is 33.2 Å². The lowest BCUT2D eigenvalue weighted by atomic mass is 9.76. The third-order valence-electron chi connectivity index (χ3n) is 13.9. The summed E-state index contributed by atoms with van der Waals surface area (Å²) in [7, 11) is 0. The maximum atomic E-state index is 12.5. The largest absolute Gasteiger partial charge is 0.508 e. The summed E-state index contributed by atoms with van der Waals surface area (Å²) in [6.07, 6.45) is 23.6. The molecule has 0 atom stereocenters. The Labute approximate surface area is 395 Å². The predicted octanol–water partition coefficient (Wildman–Crippen LogP) is 11.0. The molecule has 66 heavy (non-hydrogen) atoms. The van der Waals surface area contributed by atoms with Crippen molar-refractivity contribution in [3.05, 3.63) is 0 Å². The minimum absolute atomic E-state index is 0.0552. The van der Waals surface area contributed by atoms with Crippen molar-refractivity contribution in [1.29, 1.82) is 0 Å². The topological polar surface area (TPSA) is 198 Å². The highest BCUT2D eigenvalue weighted by Gasteiger charge is 2.30. The van der Waals surface area contributed by atoms with Crippen LogP contribution in [0.4, 0.5) is 24.0 Å². The number of carbonyl (C=O) groups is 5. The molecule has 4 N–H and O–H groups in total. The second-order valence-corrected chi connectivity index (χ2v) is 20.2. The van der Waals surface area contributed by atoms with Gasteiger partial charge in [-0.1, -0.05) is 6.42 Å². The third-order valence-corrected chi connectivity index (χ3v) is 13.9. The van der Waals surface area contributed by atoms with Crippen molar-refractivity contribution >= 4 is 30.5 Å². The van der Waals surface area contributed by atoms with Crippen molar-refractivity contribution in [2.75, 3.05) is 33.2 Å². The molecule has 0 aromatic rings. The maximum Gasteiger partial charge on any atom is 0.508 e. The smallest absolute Gasteiger partial charge is 0.450 e. The maximum absolute atomic E-state index is 12.5. The van der Waals surface area contributed by atoms with Crippen LogP contribution in [0.2, 0.25) is 0 Å². The molecule has 4 saturated carbocycles. The van der Waals surface area contributed by atoms with Crippen LogP contribution in [0.25, 0.3) is 0 Å². The zero-order chi connectivity index (χ0) is 47.4. The number of carbonyl (C=O) groups excluding carboxylic acids is 5. The van der Waals surface area contributed by atoms with E-state index in [-0.39, 0.29) is 48.6 Å². The summed E-state index contributed by atoms with van der Waals surface area (Å²) in [5.41, 5.74) is 0. The van der Waals surface area contributed by atoms with Gasteiger partial charge in [0.2, 0.25) is 6.79 Å². The average Bonchev–Trinajstić information content (AvgIpc) is 3.27. The lowest BCUT2D eigenvalue weighted by molar-refractivity contribution is 0.0201. The fourth-order valence-corrected chi connectivity index (χ4v) is 10.2. The van der Waals surface area contributed by atoms with Crippen LogP contribution in [-0.4, -0.2) is 100 Å². The Morgan fingerprint density at radius 3 is 1.05 bits per heavy atom. The van der Waals surface area contributed by atoms with E-state index < -0.39 is 25.1 Å². The average molecular weight is 937 g/mol. The van der Waals surface area contributed by atoms with E-state index in [0.717, 1.165) is 161 Å². The molecule has 4 aliphatic carbocycles. The Kier molecular flexibility index (Phi) is 26.7. The second kappa shape index (κ2) is 32.1. The molecule has 0 spiro atoms. The molecular weight excluding hydrogens is 849 g/mol. The van der Waals surface area contributed by atoms with E-state index >= 15 is 0 Å². The van der Waals surface area contributed by atoms with Gasteiger partial charge in [0, 0.05) is 30.8 Å². The number of unbranched alkanes of at least 4 members (excludes halogenated alkanes) is 6. The molecular formula is C50H88N4O12. The van der Waals surface area contributed by atoms with Gasteiger partial charge in [-0.25, -0.2) is 24.0 Å². The van der Waals surface area contributed by atoms with Gasteiger partial charge >= 0.3 is 30.5 Å². The van der Waals surface area contributed by atoms with E-state index in [1.54, 1.807) is 0 Å². The number of ether oxygens (including phenoxy) is 7. The second-order valence-electron chi connectivity index (χ2n) is 20.2. The molecule has 0 saturated heterocycles. The Bertz CT molecular complexity index is 1370. The minimum atomic E-state index is -0.606. The number of alkyl carbamates (subject to hydrolysis) is 4. The van der Waals surface area contributed by atoms with Gasteiger partial charge in [0.15, 0.2) is 0 Å². The number of rotatable bonds is 26. The molecule has 4 amide bonds. The van der Waals surface area contributed by atoms with Crippen LogP contribution in [0.3, 0.4) is 0 Å². The van der Waals surface area contributed by atoms with Crippen LogP contribution in [0.5, 0.6) is 0 Å². The Morgan fingerprint density at radius 1 is 0.379 bits per heavy atom. The lowest BCUT2D eigenvalue weighted by Gasteiger charge is -2.34. The molecule has 0 heterocycles. The first kappa shape index (κ1) is 54.9. The first-order valence-corrected chi connectivity index (χ1v) is 26.1. The molecule has 16 nitrogen and oxygen atoms in total. The van der Waals surface area contributed by atoms with Crippen molar-refractivity contribution in [3.63, 3.8) is 0 Å². The van der Waals surface area contributed by atoms with Gasteiger partial charge in [-0.05, 0) is 212 Å². The van der Waals surface area contributed by atoms with Crippen LogP contribution in [0, 0.1) is 23.7 Å². The predicted molar refractivity (Wildman–Crippen MR) is 251 cm³/mol. The zero-order valence-corrected chi connectivity index (χ0v) is 41.1. The van der Waals surface area contributed by atoms with Gasteiger partial charge in [0.25, 0.3) is 0 Å². The molecule has 0 unspecified atom stereocenters. The van der Waals surface area contributed by atoms with Gasteiger partial charge < -0.3 is 54.4 Å². The van der Waals surface area contributed by atoms with E-state index in [1.165, 1.54) is 12.8 Å². The normalized spacial score (nSPS) is 25.5. The van der Waals surface area contributed by atoms with Gasteiger partial charge in [-0.3, -0.25) is 0 Å². The quantitative estimate of drug-likeness (QED) is 0.0277. The highest BCUT2D eigenvalue weighted by molar-refractivity contribution is 5.69. The van der Waals surface area contributed by atoms with Gasteiger partial charge in [-0.2, -0.15) is 0 Å². The number of hydrogen-bond acceptors (Lipinski definition) is 12. The molecule has 16 heteroatoms. The van der Waals surface area contributed by atoms with E-state index in [1.807, 2.05) is 27.7 Å². The van der Waals surface area contributed by atoms with Crippen molar-refractivity contribution in [3.8, 4) is 0 Å². The molecule has 380 valence electrons. The third kappa shape index (κ3) is 24.9. The monoisotopic (exact) mass is 937 g/mol. The van der Waals surface area contributed by atoms with Gasteiger partial charge in [-0.15, -0.1) is 0 Å². The SMILES string of the molecule is CC(C)OCCCCCCOC(=O)OCCCCCCOC(=O)NC1CCC(CC2CCC(NC(=O)OCOC(=O)NC3CCC(CC4CCC(NC(=O)OC(C)C)CC4)CC3)CC2)CC1. The van der Waals surface area contributed by atoms with E-state index in [4.69, 9.17) is 33.2 Å². The van der Waals surface area contributed by atoms with Gasteiger partial charge in [0.05, 0.1) is 32.0 Å². The molecule has 4 fully saturated rings. The Balaban J connectivity index is 0.905. The highest BCUT2D eigenvalue weighted by Crippen LogP contribution is 2.37. The molecule has 0 aromatic heterocycles. The van der Waals surface area contributed by atoms with Crippen LogP contribution in [0.15, 0.2) is 0 Å². The molecule has 4 rings (SSSR count). The summed E-state index contributed by atoms with van der Waals surface area (Å²) in [6, 6.07) is 0.476. The molecule has 0 aliphatic heterocycles. The van der Waals surface area contributed by atoms with Crippen LogP contribution in [0.1, 0.15) is 195 Å². The number of amides is 4. The molecule has 0 aromatic carbocycles. The first-order valence-electron chi connectivity index (χ1n) is 26.1. The summed E-state index contributed by atoms with van der Waals surface area (Å²) in [6.45, 7) is 9.21. The van der Waals surface area contributed by atoms with Crippen molar-refractivity contribution in [2.45, 2.75) is 231 Å². The Hall–Kier alpha value is -3.69. The summed E-state index contributed by atoms with van der Waals surface area (Å²) < 4.78 is 36.8. The van der Waals surface area contributed by atoms with Gasteiger partial charge in [0.1, 0.15) is 0 Å². The van der Waals surface area contributed by atoms with Crippen molar-refractivity contribution in [1.82, 2.24) is 21.3 Å². The van der Waals surface area contributed by atoms with Crippen LogP contribution >= 0.6 is 0 Å². The fraction of sp³-hybridized carbons (Fsp3) is 0.900. The standard InChI is InChI=1S/C50H88N4O12/c1-36(2)60-29-9-5-7-11-31-62-50(59)63-32-12-8-6-10-30-61-46(55)51-42-21-13-38(14-22-42)33-39-15-23-43(24-16-39)52-47(56)64-35-65-48(57)53-44-25-17-40(18-26-44)34-41-19-27-45(28-20-41)54-49(58)66-37(3)4/h36-45H,5-35H2,1-4H3,(H,51,55)(H,52,56)(H,53,57)(H,54,58).